The van der Waals surface area contributed by atoms with Crippen LogP contribution in [0.2, 0.25) is 0 Å². The molecule has 0 saturated carbocycles. The van der Waals surface area contributed by atoms with Crippen molar-refractivity contribution in [1.29, 1.82) is 0 Å². The molecule has 4 heteroatoms. The van der Waals surface area contributed by atoms with Gasteiger partial charge in [-0.15, -0.1) is 0 Å². The van der Waals surface area contributed by atoms with Crippen molar-refractivity contribution < 1.29 is 4.74 Å². The van der Waals surface area contributed by atoms with Crippen LogP contribution >= 0.6 is 0 Å². The van der Waals surface area contributed by atoms with Crippen molar-refractivity contribution in [2.45, 2.75) is 47.1 Å². The second-order valence-electron chi connectivity index (χ2n) is 5.77. The molecule has 0 bridgehead atoms. The topological polar surface area (TPSA) is 33.3 Å². The molecule has 0 amide bonds. The highest BCUT2D eigenvalue weighted by atomic mass is 27.0. The fourth-order valence-corrected chi connectivity index (χ4v) is 2.47. The predicted molar refractivity (Wildman–Crippen MR) is 98.9 cm³/mol. The molecular weight excluding hydrogens is 287 g/mol. The molecule has 3 nitrogen and oxygen atoms in total. The lowest BCUT2D eigenvalue weighted by Gasteiger charge is -2.31. The Bertz CT molecular complexity index is 482. The summed E-state index contributed by atoms with van der Waals surface area (Å²) in [6, 6.07) is 6.22. The quantitative estimate of drug-likeness (QED) is 0.826. The summed E-state index contributed by atoms with van der Waals surface area (Å²) < 4.78 is 5.52. The molecule has 0 fully saturated rings. The summed E-state index contributed by atoms with van der Waals surface area (Å²) in [5, 5.41) is 6.62. The Balaban J connectivity index is 0.000000644. The van der Waals surface area contributed by atoms with Crippen molar-refractivity contribution in [3.63, 3.8) is 0 Å². The smallest absolute Gasteiger partial charge is 0.120 e. The molecule has 2 rings (SSSR count). The van der Waals surface area contributed by atoms with Crippen molar-refractivity contribution in [1.82, 2.24) is 5.32 Å². The average molecular weight is 317 g/mol. The van der Waals surface area contributed by atoms with E-state index in [0.717, 1.165) is 18.8 Å². The summed E-state index contributed by atoms with van der Waals surface area (Å²) in [7, 11) is 0. The predicted octanol–water partition coefficient (Wildman–Crippen LogP) is 3.93. The van der Waals surface area contributed by atoms with Crippen molar-refractivity contribution in [2.24, 2.45) is 0 Å². The Morgan fingerprint density at radius 2 is 1.77 bits per heavy atom. The van der Waals surface area contributed by atoms with Gasteiger partial charge < -0.3 is 15.4 Å². The average Bonchev–Trinajstić information content (AvgIpc) is 2.40. The van der Waals surface area contributed by atoms with E-state index < -0.39 is 0 Å². The summed E-state index contributed by atoms with van der Waals surface area (Å²) >= 11 is 0. The first kappa shape index (κ1) is 21.1. The normalized spacial score (nSPS) is 14.4. The van der Waals surface area contributed by atoms with Gasteiger partial charge in [0.15, 0.2) is 0 Å². The van der Waals surface area contributed by atoms with Crippen LogP contribution in [0.1, 0.15) is 47.1 Å². The van der Waals surface area contributed by atoms with E-state index >= 15 is 0 Å². The van der Waals surface area contributed by atoms with Crippen molar-refractivity contribution in [3.05, 3.63) is 29.8 Å². The molecule has 0 saturated heterocycles. The highest BCUT2D eigenvalue weighted by Gasteiger charge is 2.22. The van der Waals surface area contributed by atoms with Crippen LogP contribution in [0.15, 0.2) is 24.3 Å². The molecule has 1 aliphatic rings. The summed E-state index contributed by atoms with van der Waals surface area (Å²) in [6.45, 7) is 15.6. The maximum atomic E-state index is 5.52. The Labute approximate surface area is 146 Å². The first-order valence-electron chi connectivity index (χ1n) is 7.89. The van der Waals surface area contributed by atoms with Crippen LogP contribution in [-0.2, 0) is 0 Å². The van der Waals surface area contributed by atoms with Gasteiger partial charge in [-0.3, -0.25) is 0 Å². The number of benzene rings is 1. The maximum absolute atomic E-state index is 5.52. The molecule has 121 valence electrons. The maximum Gasteiger partial charge on any atom is 0.120 e. The van der Waals surface area contributed by atoms with Crippen LogP contribution in [0.4, 0.5) is 5.69 Å². The summed E-state index contributed by atoms with van der Waals surface area (Å²) in [4.78, 5) is 0. The molecule has 0 unspecified atom stereocenters. The lowest BCUT2D eigenvalue weighted by Crippen LogP contribution is -2.31. The minimum atomic E-state index is 0. The van der Waals surface area contributed by atoms with Crippen molar-refractivity contribution in [3.8, 4) is 5.75 Å². The van der Waals surface area contributed by atoms with Crippen LogP contribution in [0.25, 0.3) is 5.57 Å². The number of hydrogen-bond acceptors (Lipinski definition) is 3. The fraction of sp³-hybridized carbons (Fsp3) is 0.556. The Morgan fingerprint density at radius 1 is 1.14 bits per heavy atom. The molecule has 1 aromatic carbocycles. The van der Waals surface area contributed by atoms with Gasteiger partial charge in [0.05, 0.1) is 12.1 Å². The lowest BCUT2D eigenvalue weighted by molar-refractivity contribution is 0.340. The Morgan fingerprint density at radius 3 is 2.27 bits per heavy atom. The SMILES string of the molecule is CCNCC.CCOc1ccc2c(c1)C(C)=CC(C)(C)N2.[Al]. The highest BCUT2D eigenvalue weighted by Crippen LogP contribution is 2.35. The molecule has 1 aromatic rings. The summed E-state index contributed by atoms with van der Waals surface area (Å²) in [6.07, 6.45) is 2.26. The van der Waals surface area contributed by atoms with E-state index in [0.29, 0.717) is 6.61 Å². The van der Waals surface area contributed by atoms with Gasteiger partial charge in [-0.05, 0) is 64.6 Å². The van der Waals surface area contributed by atoms with Crippen molar-refractivity contribution in [2.75, 3.05) is 25.0 Å². The standard InChI is InChI=1S/C14H19NO.C4H11N.Al/c1-5-16-11-6-7-13-12(8-11)10(2)9-14(3,4)15-13;1-3-5-4-2;/h6-9,15H,5H2,1-4H3;5H,3-4H2,1-2H3;. The molecule has 1 heterocycles. The zero-order chi connectivity index (χ0) is 15.9. The van der Waals surface area contributed by atoms with E-state index in [4.69, 9.17) is 4.74 Å². The fourth-order valence-electron chi connectivity index (χ4n) is 2.47. The van der Waals surface area contributed by atoms with Gasteiger partial charge in [-0.1, -0.05) is 19.9 Å². The second-order valence-corrected chi connectivity index (χ2v) is 5.77. The number of nitrogens with one attached hydrogen (secondary N) is 2. The third-order valence-electron chi connectivity index (χ3n) is 3.26. The molecule has 0 aromatic heterocycles. The van der Waals surface area contributed by atoms with E-state index in [1.807, 2.05) is 13.0 Å². The van der Waals surface area contributed by atoms with Crippen LogP contribution < -0.4 is 15.4 Å². The second kappa shape index (κ2) is 9.95. The van der Waals surface area contributed by atoms with Gasteiger partial charge in [0, 0.05) is 28.6 Å². The molecule has 0 atom stereocenters. The van der Waals surface area contributed by atoms with E-state index in [9.17, 15) is 0 Å². The molecular formula is C18H30AlN2O. The van der Waals surface area contributed by atoms with Crippen LogP contribution in [0.3, 0.4) is 0 Å². The third kappa shape index (κ3) is 6.44. The number of fused-ring (bicyclic) bond motifs is 1. The minimum absolute atomic E-state index is 0. The number of anilines is 1. The zero-order valence-corrected chi connectivity index (χ0v) is 16.1. The van der Waals surface area contributed by atoms with E-state index in [-0.39, 0.29) is 22.9 Å². The van der Waals surface area contributed by atoms with Gasteiger partial charge >= 0.3 is 0 Å². The first-order valence-corrected chi connectivity index (χ1v) is 7.89. The number of allylic oxidation sites excluding steroid dienone is 1. The van der Waals surface area contributed by atoms with Gasteiger partial charge in [-0.25, -0.2) is 0 Å². The Kier molecular flexibility index (Phi) is 9.52. The summed E-state index contributed by atoms with van der Waals surface area (Å²) in [5.74, 6) is 0.940. The molecule has 22 heavy (non-hydrogen) atoms. The summed E-state index contributed by atoms with van der Waals surface area (Å²) in [5.41, 5.74) is 3.77. The molecule has 0 spiro atoms. The molecule has 2 N–H and O–H groups in total. The van der Waals surface area contributed by atoms with E-state index in [2.05, 4.69) is 63.5 Å². The Hall–Kier alpha value is -0.948. The van der Waals surface area contributed by atoms with Gasteiger partial charge in [0.1, 0.15) is 5.75 Å². The number of hydrogen-bond donors (Lipinski definition) is 2. The van der Waals surface area contributed by atoms with Crippen molar-refractivity contribution >= 4 is 28.6 Å². The van der Waals surface area contributed by atoms with Crippen LogP contribution in [0, 0.1) is 0 Å². The highest BCUT2D eigenvalue weighted by molar-refractivity contribution is 5.80. The molecule has 0 aliphatic carbocycles. The lowest BCUT2D eigenvalue weighted by atomic mass is 9.91. The van der Waals surface area contributed by atoms with E-state index in [1.54, 1.807) is 0 Å². The molecule has 3 radical (unpaired) electrons. The largest absolute Gasteiger partial charge is 0.494 e. The third-order valence-corrected chi connectivity index (χ3v) is 3.26. The van der Waals surface area contributed by atoms with Gasteiger partial charge in [0.2, 0.25) is 0 Å². The van der Waals surface area contributed by atoms with Gasteiger partial charge in [-0.2, -0.15) is 0 Å². The van der Waals surface area contributed by atoms with Crippen LogP contribution in [-0.4, -0.2) is 42.6 Å². The zero-order valence-electron chi connectivity index (χ0n) is 14.9. The molecule has 1 aliphatic heterocycles. The van der Waals surface area contributed by atoms with Gasteiger partial charge in [0.25, 0.3) is 0 Å². The first-order chi connectivity index (χ1) is 9.93. The number of ether oxygens (including phenoxy) is 1. The number of rotatable bonds is 4. The van der Waals surface area contributed by atoms with E-state index in [1.165, 1.54) is 16.8 Å². The minimum Gasteiger partial charge on any atom is -0.494 e. The monoisotopic (exact) mass is 317 g/mol. The van der Waals surface area contributed by atoms with Crippen LogP contribution in [0.5, 0.6) is 5.75 Å².